The maximum Gasteiger partial charge on any atom is 0.335 e. The van der Waals surface area contributed by atoms with E-state index in [1.54, 1.807) is 0 Å². The van der Waals surface area contributed by atoms with Gasteiger partial charge in [-0.05, 0) is 70.6 Å². The van der Waals surface area contributed by atoms with Crippen LogP contribution in [0.15, 0.2) is 72.9 Å². The summed E-state index contributed by atoms with van der Waals surface area (Å²) in [4.78, 5) is 50.7. The molecule has 0 aromatic heterocycles. The smallest absolute Gasteiger partial charge is 0.335 e. The van der Waals surface area contributed by atoms with Crippen LogP contribution in [0.2, 0.25) is 0 Å². The number of ether oxygens (including phenoxy) is 5. The number of carbonyl (C=O) groups is 4. The molecule has 1 fully saturated rings. The summed E-state index contributed by atoms with van der Waals surface area (Å²) in [7, 11) is 0. The lowest BCUT2D eigenvalue weighted by molar-refractivity contribution is -0.301. The molecule has 0 aromatic carbocycles. The molecule has 382 valence electrons. The molecule has 3 N–H and O–H groups in total. The molecule has 0 aliphatic carbocycles. The van der Waals surface area contributed by atoms with Crippen molar-refractivity contribution in [1.82, 2.24) is 0 Å². The van der Waals surface area contributed by atoms with E-state index < -0.39 is 67.3 Å². The highest BCUT2D eigenvalue weighted by Gasteiger charge is 2.50. The van der Waals surface area contributed by atoms with Crippen LogP contribution < -0.4 is 0 Å². The van der Waals surface area contributed by atoms with Crippen molar-refractivity contribution in [2.45, 2.75) is 237 Å². The van der Waals surface area contributed by atoms with E-state index in [0.717, 1.165) is 96.3 Å². The zero-order valence-corrected chi connectivity index (χ0v) is 41.6. The Bertz CT molecular complexity index is 1450. The van der Waals surface area contributed by atoms with Crippen molar-refractivity contribution < 1.29 is 58.2 Å². The molecule has 67 heavy (non-hydrogen) atoms. The van der Waals surface area contributed by atoms with Gasteiger partial charge in [0.2, 0.25) is 0 Å². The van der Waals surface area contributed by atoms with Gasteiger partial charge in [0.1, 0.15) is 18.8 Å². The molecule has 1 aliphatic heterocycles. The summed E-state index contributed by atoms with van der Waals surface area (Å²) in [5, 5.41) is 31.3. The molecule has 1 aliphatic rings. The summed E-state index contributed by atoms with van der Waals surface area (Å²) in [5.41, 5.74) is 0. The number of aliphatic hydroxyl groups is 2. The Morgan fingerprint density at radius 3 is 1.55 bits per heavy atom. The van der Waals surface area contributed by atoms with Crippen molar-refractivity contribution in [2.24, 2.45) is 0 Å². The van der Waals surface area contributed by atoms with Crippen molar-refractivity contribution >= 4 is 23.9 Å². The van der Waals surface area contributed by atoms with Crippen molar-refractivity contribution in [1.29, 1.82) is 0 Å². The first-order valence-electron chi connectivity index (χ1n) is 25.9. The first-order chi connectivity index (χ1) is 32.6. The number of hydrogen-bond acceptors (Lipinski definition) is 11. The lowest BCUT2D eigenvalue weighted by atomic mass is 9.98. The molecule has 1 rings (SSSR count). The van der Waals surface area contributed by atoms with Crippen molar-refractivity contribution in [3.8, 4) is 0 Å². The summed E-state index contributed by atoms with van der Waals surface area (Å²) < 4.78 is 28.2. The topological polar surface area (TPSA) is 175 Å². The molecule has 6 atom stereocenters. The fourth-order valence-electron chi connectivity index (χ4n) is 7.30. The number of carboxylic acid groups (broad SMARTS) is 1. The Kier molecular flexibility index (Phi) is 39.7. The largest absolute Gasteiger partial charge is 0.479 e. The number of unbranched alkanes of at least 4 members (excludes halogenated alkanes) is 16. The highest BCUT2D eigenvalue weighted by molar-refractivity contribution is 5.74. The molecule has 12 heteroatoms. The molecule has 0 spiro atoms. The van der Waals surface area contributed by atoms with Crippen molar-refractivity contribution in [2.75, 3.05) is 13.2 Å². The first-order valence-corrected chi connectivity index (χ1v) is 25.9. The second-order valence-electron chi connectivity index (χ2n) is 17.4. The molecule has 0 aromatic rings. The maximum absolute atomic E-state index is 13.0. The van der Waals surface area contributed by atoms with E-state index in [9.17, 15) is 34.5 Å². The number of rotatable bonds is 42. The van der Waals surface area contributed by atoms with E-state index in [1.807, 2.05) is 12.2 Å². The molecule has 0 radical (unpaired) electrons. The zero-order valence-electron chi connectivity index (χ0n) is 41.6. The number of carboxylic acids is 1. The minimum absolute atomic E-state index is 0.0363. The standard InChI is InChI=1S/C55H90O12/c1-4-7-10-13-16-19-22-24-27-29-32-35-38-41-47(56)63-44-46(65-48(57)42-39-36-33-30-26-21-18-15-12-9-6-3)45-64-55-53(51(60)50(59)52(67-55)54(61)62)66-49(58)43-40-37-34-31-28-25-23-20-17-14-11-8-5-2/h7,10-11,14,16,19-20,23-24,27,32,35,46,50-53,55,59-60H,4-6,8-9,12-13,15,17-18,21-22,25-26,28-31,33-34,36-45H2,1-3H3,(H,61,62)/b10-7-,14-11-,19-16-,23-20-,27-24-,35-32-. The van der Waals surface area contributed by atoms with Gasteiger partial charge in [0, 0.05) is 19.3 Å². The van der Waals surface area contributed by atoms with Crippen LogP contribution in [0.5, 0.6) is 0 Å². The zero-order chi connectivity index (χ0) is 49.0. The maximum atomic E-state index is 13.0. The Balaban J connectivity index is 2.79. The second kappa shape index (κ2) is 43.4. The number of hydrogen-bond donors (Lipinski definition) is 3. The quantitative estimate of drug-likeness (QED) is 0.0229. The van der Waals surface area contributed by atoms with Crippen LogP contribution in [0.1, 0.15) is 201 Å². The van der Waals surface area contributed by atoms with Gasteiger partial charge in [-0.1, -0.05) is 184 Å². The highest BCUT2D eigenvalue weighted by Crippen LogP contribution is 2.26. The van der Waals surface area contributed by atoms with E-state index in [4.69, 9.17) is 23.7 Å². The molecule has 1 heterocycles. The number of esters is 3. The summed E-state index contributed by atoms with van der Waals surface area (Å²) in [6, 6.07) is 0. The highest BCUT2D eigenvalue weighted by atomic mass is 16.7. The van der Waals surface area contributed by atoms with Crippen LogP contribution in [0, 0.1) is 0 Å². The number of carbonyl (C=O) groups excluding carboxylic acids is 3. The SMILES string of the molecule is CC/C=C\C/C=C\C/C=C\C/C=C\CCC(=O)OCC(COC1OC(C(=O)O)C(O)C(O)C1OC(=O)CCCCCCC/C=C\C/C=C\CCC)OC(=O)CCCCCCCCCCCCC. The van der Waals surface area contributed by atoms with Crippen LogP contribution in [0.4, 0.5) is 0 Å². The van der Waals surface area contributed by atoms with E-state index in [-0.39, 0.29) is 25.9 Å². The molecule has 12 nitrogen and oxygen atoms in total. The first kappa shape index (κ1) is 61.2. The van der Waals surface area contributed by atoms with Crippen LogP contribution in [-0.2, 0) is 42.9 Å². The van der Waals surface area contributed by atoms with Gasteiger partial charge in [0.15, 0.2) is 24.6 Å². The normalized spacial score (nSPS) is 19.4. The van der Waals surface area contributed by atoms with Gasteiger partial charge in [-0.3, -0.25) is 14.4 Å². The predicted octanol–water partition coefficient (Wildman–Crippen LogP) is 12.2. The summed E-state index contributed by atoms with van der Waals surface area (Å²) in [6.07, 6.45) is 40.5. The van der Waals surface area contributed by atoms with Gasteiger partial charge in [0.05, 0.1) is 6.61 Å². The van der Waals surface area contributed by atoms with Gasteiger partial charge in [0.25, 0.3) is 0 Å². The monoisotopic (exact) mass is 943 g/mol. The Morgan fingerprint density at radius 2 is 1.00 bits per heavy atom. The Hall–Kier alpha value is -3.84. The molecule has 0 bridgehead atoms. The molecular formula is C55H90O12. The Morgan fingerprint density at radius 1 is 0.507 bits per heavy atom. The minimum atomic E-state index is -1.91. The molecule has 6 unspecified atom stereocenters. The number of allylic oxidation sites excluding steroid dienone is 12. The van der Waals surface area contributed by atoms with Gasteiger partial charge in [-0.2, -0.15) is 0 Å². The van der Waals surface area contributed by atoms with Gasteiger partial charge in [-0.25, -0.2) is 4.79 Å². The fraction of sp³-hybridized carbons (Fsp3) is 0.709. The predicted molar refractivity (Wildman–Crippen MR) is 266 cm³/mol. The van der Waals surface area contributed by atoms with Crippen molar-refractivity contribution in [3.63, 3.8) is 0 Å². The number of aliphatic carboxylic acids is 1. The number of aliphatic hydroxyl groups excluding tert-OH is 2. The molecular weight excluding hydrogens is 853 g/mol. The third-order valence-electron chi connectivity index (χ3n) is 11.3. The van der Waals surface area contributed by atoms with Gasteiger partial charge in [-0.15, -0.1) is 0 Å². The van der Waals surface area contributed by atoms with Crippen LogP contribution in [0.25, 0.3) is 0 Å². The van der Waals surface area contributed by atoms with Gasteiger partial charge < -0.3 is 39.0 Å². The minimum Gasteiger partial charge on any atom is -0.479 e. The summed E-state index contributed by atoms with van der Waals surface area (Å²) >= 11 is 0. The van der Waals surface area contributed by atoms with E-state index in [0.29, 0.717) is 19.3 Å². The van der Waals surface area contributed by atoms with E-state index in [1.165, 1.54) is 44.9 Å². The van der Waals surface area contributed by atoms with E-state index >= 15 is 0 Å². The van der Waals surface area contributed by atoms with Crippen LogP contribution in [-0.4, -0.2) is 89.2 Å². The van der Waals surface area contributed by atoms with Crippen LogP contribution >= 0.6 is 0 Å². The third kappa shape index (κ3) is 34.2. The molecule has 1 saturated heterocycles. The van der Waals surface area contributed by atoms with Gasteiger partial charge >= 0.3 is 23.9 Å². The Labute approximate surface area is 404 Å². The summed E-state index contributed by atoms with van der Waals surface area (Å²) in [6.45, 7) is 5.69. The molecule has 0 amide bonds. The molecule has 0 saturated carbocycles. The lowest BCUT2D eigenvalue weighted by Gasteiger charge is -2.40. The second-order valence-corrected chi connectivity index (χ2v) is 17.4. The third-order valence-corrected chi connectivity index (χ3v) is 11.3. The average molecular weight is 943 g/mol. The van der Waals surface area contributed by atoms with E-state index in [2.05, 4.69) is 81.5 Å². The average Bonchev–Trinajstić information content (AvgIpc) is 3.31. The fourth-order valence-corrected chi connectivity index (χ4v) is 7.30. The van der Waals surface area contributed by atoms with Crippen LogP contribution in [0.3, 0.4) is 0 Å². The summed E-state index contributed by atoms with van der Waals surface area (Å²) in [5.74, 6) is -3.25. The lowest BCUT2D eigenvalue weighted by Crippen LogP contribution is -2.61. The van der Waals surface area contributed by atoms with Crippen molar-refractivity contribution in [3.05, 3.63) is 72.9 Å².